The lowest BCUT2D eigenvalue weighted by atomic mass is 10.2. The number of primary amides is 1. The average Bonchev–Trinajstić information content (AvgIpc) is 2.17. The molecule has 5 heteroatoms. The van der Waals surface area contributed by atoms with Gasteiger partial charge in [-0.15, -0.1) is 0 Å². The Bertz CT molecular complexity index is 237. The highest BCUT2D eigenvalue weighted by molar-refractivity contribution is 5.83. The van der Waals surface area contributed by atoms with E-state index in [9.17, 15) is 9.59 Å². The van der Waals surface area contributed by atoms with Crippen molar-refractivity contribution in [2.24, 2.45) is 11.7 Å². The minimum absolute atomic E-state index is 0.00644. The number of nitrogens with two attached hydrogens (primary N) is 1. The number of nitrogens with zero attached hydrogens (tertiary/aromatic N) is 2. The first-order chi connectivity index (χ1) is 7.42. The molecule has 0 atom stereocenters. The van der Waals surface area contributed by atoms with Crippen molar-refractivity contribution in [3.63, 3.8) is 0 Å². The van der Waals surface area contributed by atoms with Gasteiger partial charge in [0.05, 0.1) is 0 Å². The Balaban J connectivity index is 4.59. The molecule has 0 rings (SSSR count). The van der Waals surface area contributed by atoms with Gasteiger partial charge in [0, 0.05) is 19.6 Å². The van der Waals surface area contributed by atoms with Crippen LogP contribution in [0.2, 0.25) is 0 Å². The first-order valence-corrected chi connectivity index (χ1v) is 5.74. The summed E-state index contributed by atoms with van der Waals surface area (Å²) in [6.45, 7) is 9.67. The molecule has 0 heterocycles. The third kappa shape index (κ3) is 5.00. The summed E-state index contributed by atoms with van der Waals surface area (Å²) in [5.41, 5.74) is 5.14. The zero-order chi connectivity index (χ0) is 12.7. The Kier molecular flexibility index (Phi) is 6.53. The van der Waals surface area contributed by atoms with E-state index < -0.39 is 5.91 Å². The van der Waals surface area contributed by atoms with Gasteiger partial charge in [0.25, 0.3) is 0 Å². The molecule has 0 aromatic heterocycles. The van der Waals surface area contributed by atoms with Gasteiger partial charge in [-0.05, 0) is 19.8 Å². The number of amides is 3. The van der Waals surface area contributed by atoms with Crippen LogP contribution in [0, 0.1) is 5.92 Å². The van der Waals surface area contributed by atoms with E-state index in [0.29, 0.717) is 25.6 Å². The van der Waals surface area contributed by atoms with E-state index in [1.54, 1.807) is 4.90 Å². The molecule has 0 saturated carbocycles. The zero-order valence-electron chi connectivity index (χ0n) is 10.7. The molecule has 0 aromatic carbocycles. The summed E-state index contributed by atoms with van der Waals surface area (Å²) in [5.74, 6) is -0.153. The second kappa shape index (κ2) is 7.09. The van der Waals surface area contributed by atoms with Crippen molar-refractivity contribution in [3.05, 3.63) is 0 Å². The molecular formula is C11H23N3O2. The van der Waals surface area contributed by atoms with Crippen LogP contribution in [-0.4, -0.2) is 47.9 Å². The van der Waals surface area contributed by atoms with E-state index in [4.69, 9.17) is 5.73 Å². The van der Waals surface area contributed by atoms with Gasteiger partial charge in [0.15, 0.2) is 0 Å². The molecule has 0 bridgehead atoms. The molecule has 0 aliphatic heterocycles. The Hall–Kier alpha value is -1.26. The fourth-order valence-corrected chi connectivity index (χ4v) is 1.53. The van der Waals surface area contributed by atoms with Crippen molar-refractivity contribution in [1.29, 1.82) is 0 Å². The van der Waals surface area contributed by atoms with Gasteiger partial charge in [-0.25, -0.2) is 4.79 Å². The molecule has 0 unspecified atom stereocenters. The summed E-state index contributed by atoms with van der Waals surface area (Å²) < 4.78 is 0. The zero-order valence-corrected chi connectivity index (χ0v) is 10.7. The fraction of sp³-hybridized carbons (Fsp3) is 0.818. The Morgan fingerprint density at radius 1 is 1.12 bits per heavy atom. The van der Waals surface area contributed by atoms with E-state index in [1.807, 2.05) is 27.7 Å². The second-order valence-electron chi connectivity index (χ2n) is 4.20. The Labute approximate surface area is 97.6 Å². The van der Waals surface area contributed by atoms with Crippen LogP contribution in [0.15, 0.2) is 0 Å². The molecule has 0 spiro atoms. The lowest BCUT2D eigenvalue weighted by Crippen LogP contribution is -2.47. The normalized spacial score (nSPS) is 10.3. The third-order valence-electron chi connectivity index (χ3n) is 2.24. The third-order valence-corrected chi connectivity index (χ3v) is 2.24. The maximum Gasteiger partial charge on any atom is 0.320 e. The van der Waals surface area contributed by atoms with Gasteiger partial charge in [-0.3, -0.25) is 4.79 Å². The molecular weight excluding hydrogens is 206 g/mol. The van der Waals surface area contributed by atoms with Gasteiger partial charge in [0.2, 0.25) is 5.91 Å². The van der Waals surface area contributed by atoms with E-state index in [0.717, 1.165) is 0 Å². The smallest absolute Gasteiger partial charge is 0.320 e. The van der Waals surface area contributed by atoms with Crippen LogP contribution in [-0.2, 0) is 4.79 Å². The van der Waals surface area contributed by atoms with Crippen LogP contribution in [0.1, 0.15) is 27.7 Å². The summed E-state index contributed by atoms with van der Waals surface area (Å²) in [6.07, 6.45) is 0. The van der Waals surface area contributed by atoms with E-state index in [2.05, 4.69) is 0 Å². The number of rotatable bonds is 6. The first-order valence-electron chi connectivity index (χ1n) is 5.74. The Morgan fingerprint density at radius 2 is 1.62 bits per heavy atom. The number of carbonyl (C=O) groups is 2. The number of hydrogen-bond acceptors (Lipinski definition) is 2. The number of urea groups is 1. The summed E-state index contributed by atoms with van der Waals surface area (Å²) in [6, 6.07) is -0.113. The van der Waals surface area contributed by atoms with Crippen LogP contribution < -0.4 is 5.73 Å². The van der Waals surface area contributed by atoms with Crippen molar-refractivity contribution >= 4 is 11.9 Å². The van der Waals surface area contributed by atoms with Crippen LogP contribution in [0.5, 0.6) is 0 Å². The largest absolute Gasteiger partial charge is 0.368 e. The summed E-state index contributed by atoms with van der Waals surface area (Å²) in [4.78, 5) is 26.1. The van der Waals surface area contributed by atoms with Gasteiger partial charge in [0.1, 0.15) is 6.54 Å². The molecule has 0 aliphatic rings. The molecule has 16 heavy (non-hydrogen) atoms. The molecule has 0 aliphatic carbocycles. The van der Waals surface area contributed by atoms with Crippen LogP contribution in [0.3, 0.4) is 0 Å². The quantitative estimate of drug-likeness (QED) is 0.735. The van der Waals surface area contributed by atoms with E-state index >= 15 is 0 Å². The second-order valence-corrected chi connectivity index (χ2v) is 4.20. The van der Waals surface area contributed by atoms with Crippen molar-refractivity contribution in [2.75, 3.05) is 26.2 Å². The molecule has 0 saturated heterocycles. The van der Waals surface area contributed by atoms with Crippen LogP contribution >= 0.6 is 0 Å². The van der Waals surface area contributed by atoms with E-state index in [-0.39, 0.29) is 12.6 Å². The predicted octanol–water partition coefficient (Wildman–Crippen LogP) is 0.892. The number of carbonyl (C=O) groups excluding carboxylic acids is 2. The highest BCUT2D eigenvalue weighted by atomic mass is 16.2. The minimum Gasteiger partial charge on any atom is -0.368 e. The van der Waals surface area contributed by atoms with Crippen molar-refractivity contribution in [2.45, 2.75) is 27.7 Å². The van der Waals surface area contributed by atoms with E-state index in [1.165, 1.54) is 4.90 Å². The number of hydrogen-bond donors (Lipinski definition) is 1. The average molecular weight is 229 g/mol. The minimum atomic E-state index is -0.471. The van der Waals surface area contributed by atoms with Crippen molar-refractivity contribution in [1.82, 2.24) is 9.80 Å². The van der Waals surface area contributed by atoms with Crippen molar-refractivity contribution in [3.8, 4) is 0 Å². The molecule has 0 radical (unpaired) electrons. The van der Waals surface area contributed by atoms with Crippen LogP contribution in [0.25, 0.3) is 0 Å². The maximum absolute atomic E-state index is 12.0. The Morgan fingerprint density at radius 3 is 1.94 bits per heavy atom. The standard InChI is InChI=1S/C11H23N3O2/c1-5-13(6-2)11(16)14(7-9(3)4)8-10(12)15/h9H,5-8H2,1-4H3,(H2,12,15). The van der Waals surface area contributed by atoms with Crippen molar-refractivity contribution < 1.29 is 9.59 Å². The summed E-state index contributed by atoms with van der Waals surface area (Å²) >= 11 is 0. The van der Waals surface area contributed by atoms with Gasteiger partial charge >= 0.3 is 6.03 Å². The van der Waals surface area contributed by atoms with Gasteiger partial charge in [-0.1, -0.05) is 13.8 Å². The monoisotopic (exact) mass is 229 g/mol. The molecule has 0 aromatic rings. The topological polar surface area (TPSA) is 66.6 Å². The molecule has 3 amide bonds. The molecule has 2 N–H and O–H groups in total. The molecule has 94 valence electrons. The predicted molar refractivity (Wildman–Crippen MR) is 63.9 cm³/mol. The molecule has 5 nitrogen and oxygen atoms in total. The van der Waals surface area contributed by atoms with Crippen LogP contribution in [0.4, 0.5) is 4.79 Å². The highest BCUT2D eigenvalue weighted by Gasteiger charge is 2.20. The lowest BCUT2D eigenvalue weighted by Gasteiger charge is -2.29. The first kappa shape index (κ1) is 14.7. The highest BCUT2D eigenvalue weighted by Crippen LogP contribution is 2.03. The summed E-state index contributed by atoms with van der Waals surface area (Å²) in [5, 5.41) is 0. The van der Waals surface area contributed by atoms with Gasteiger partial charge < -0.3 is 15.5 Å². The SMILES string of the molecule is CCN(CC)C(=O)N(CC(N)=O)CC(C)C. The van der Waals surface area contributed by atoms with Gasteiger partial charge in [-0.2, -0.15) is 0 Å². The summed E-state index contributed by atoms with van der Waals surface area (Å²) in [7, 11) is 0. The molecule has 0 fully saturated rings. The maximum atomic E-state index is 12.0. The lowest BCUT2D eigenvalue weighted by molar-refractivity contribution is -0.118. The fourth-order valence-electron chi connectivity index (χ4n) is 1.53.